The van der Waals surface area contributed by atoms with Crippen LogP contribution in [0.1, 0.15) is 26.5 Å². The summed E-state index contributed by atoms with van der Waals surface area (Å²) in [6, 6.07) is 6.64. The molecule has 9 heteroatoms. The molecule has 0 bridgehead atoms. The van der Waals surface area contributed by atoms with Gasteiger partial charge in [0.25, 0.3) is 15.9 Å². The van der Waals surface area contributed by atoms with Crippen molar-refractivity contribution in [1.82, 2.24) is 10.3 Å². The summed E-state index contributed by atoms with van der Waals surface area (Å²) in [6.45, 7) is 1.57. The van der Waals surface area contributed by atoms with Gasteiger partial charge in [-0.25, -0.2) is 13.2 Å². The molecular formula is C14H14N2O6S. The molecule has 0 fully saturated rings. The molecule has 0 aliphatic rings. The van der Waals surface area contributed by atoms with Crippen molar-refractivity contribution in [2.75, 3.05) is 7.11 Å². The molecular weight excluding hydrogens is 324 g/mol. The molecule has 0 atom stereocenters. The number of aryl methyl sites for hydroxylation is 1. The van der Waals surface area contributed by atoms with E-state index in [4.69, 9.17) is 4.42 Å². The first-order chi connectivity index (χ1) is 10.8. The van der Waals surface area contributed by atoms with Crippen LogP contribution >= 0.6 is 0 Å². The third kappa shape index (κ3) is 3.76. The first kappa shape index (κ1) is 16.7. The van der Waals surface area contributed by atoms with Crippen LogP contribution in [0.5, 0.6) is 0 Å². The lowest BCUT2D eigenvalue weighted by atomic mass is 10.2. The number of carbonyl (C=O) groups excluding carboxylic acids is 2. The molecule has 0 radical (unpaired) electrons. The van der Waals surface area contributed by atoms with Crippen molar-refractivity contribution in [2.24, 2.45) is 0 Å². The van der Waals surface area contributed by atoms with E-state index in [9.17, 15) is 18.0 Å². The van der Waals surface area contributed by atoms with Crippen LogP contribution in [0.4, 0.5) is 0 Å². The molecule has 0 aliphatic heterocycles. The Bertz CT molecular complexity index is 840. The average molecular weight is 338 g/mol. The van der Waals surface area contributed by atoms with Crippen molar-refractivity contribution in [2.45, 2.75) is 11.8 Å². The third-order valence-corrected chi connectivity index (χ3v) is 4.21. The van der Waals surface area contributed by atoms with Gasteiger partial charge in [0.15, 0.2) is 0 Å². The van der Waals surface area contributed by atoms with Gasteiger partial charge >= 0.3 is 5.97 Å². The monoisotopic (exact) mass is 338 g/mol. The highest BCUT2D eigenvalue weighted by Gasteiger charge is 2.19. The van der Waals surface area contributed by atoms with Gasteiger partial charge < -0.3 is 9.15 Å². The second-order valence-corrected chi connectivity index (χ2v) is 6.15. The minimum atomic E-state index is -4.04. The molecule has 1 heterocycles. The molecule has 2 aromatic rings. The van der Waals surface area contributed by atoms with Crippen LogP contribution in [-0.4, -0.2) is 27.4 Å². The normalized spacial score (nSPS) is 11.0. The zero-order chi connectivity index (χ0) is 17.0. The number of ether oxygens (including phenoxy) is 1. The number of rotatable bonds is 5. The molecule has 0 saturated carbocycles. The molecule has 1 amide bonds. The third-order valence-electron chi connectivity index (χ3n) is 2.97. The van der Waals surface area contributed by atoms with Gasteiger partial charge in [-0.1, -0.05) is 6.07 Å². The van der Waals surface area contributed by atoms with Gasteiger partial charge in [-0.2, -0.15) is 0 Å². The van der Waals surface area contributed by atoms with E-state index in [1.54, 1.807) is 6.92 Å². The van der Waals surface area contributed by atoms with Gasteiger partial charge in [0, 0.05) is 0 Å². The SMILES string of the molecule is COC(=O)c1cccc(S(=O)(=O)NNC(=O)c2ccoc2C)c1. The molecule has 1 aromatic carbocycles. The van der Waals surface area contributed by atoms with Gasteiger partial charge in [-0.15, -0.1) is 4.83 Å². The lowest BCUT2D eigenvalue weighted by Gasteiger charge is -2.09. The number of carbonyl (C=O) groups is 2. The van der Waals surface area contributed by atoms with Gasteiger partial charge in [0.2, 0.25) is 0 Å². The summed E-state index contributed by atoms with van der Waals surface area (Å²) in [5.74, 6) is -0.974. The van der Waals surface area contributed by atoms with E-state index < -0.39 is 21.9 Å². The predicted octanol–water partition coefficient (Wildman–Crippen LogP) is 0.998. The Balaban J connectivity index is 2.15. The number of hydrazine groups is 1. The lowest BCUT2D eigenvalue weighted by Crippen LogP contribution is -2.41. The van der Waals surface area contributed by atoms with Crippen LogP contribution < -0.4 is 10.3 Å². The zero-order valence-electron chi connectivity index (χ0n) is 12.3. The first-order valence-corrected chi connectivity index (χ1v) is 7.88. The van der Waals surface area contributed by atoms with Crippen molar-refractivity contribution in [3.63, 3.8) is 0 Å². The molecule has 0 saturated heterocycles. The fourth-order valence-corrected chi connectivity index (χ4v) is 2.65. The van der Waals surface area contributed by atoms with E-state index in [0.29, 0.717) is 5.76 Å². The predicted molar refractivity (Wildman–Crippen MR) is 79.0 cm³/mol. The quantitative estimate of drug-likeness (QED) is 0.621. The van der Waals surface area contributed by atoms with E-state index in [-0.39, 0.29) is 16.0 Å². The zero-order valence-corrected chi connectivity index (χ0v) is 13.1. The first-order valence-electron chi connectivity index (χ1n) is 6.40. The smallest absolute Gasteiger partial charge is 0.337 e. The number of sulfonamides is 1. The topological polar surface area (TPSA) is 115 Å². The number of benzene rings is 1. The Morgan fingerprint density at radius 2 is 1.96 bits per heavy atom. The molecule has 8 nitrogen and oxygen atoms in total. The molecule has 1 aromatic heterocycles. The van der Waals surface area contributed by atoms with Crippen LogP contribution in [0.15, 0.2) is 45.9 Å². The summed E-state index contributed by atoms with van der Waals surface area (Å²) in [4.78, 5) is 25.1. The number of furan rings is 1. The van der Waals surface area contributed by atoms with Crippen LogP contribution in [-0.2, 0) is 14.8 Å². The van der Waals surface area contributed by atoms with Gasteiger partial charge in [0.1, 0.15) is 5.76 Å². The molecule has 2 rings (SSSR count). The maximum atomic E-state index is 12.2. The van der Waals surface area contributed by atoms with Crippen molar-refractivity contribution in [3.8, 4) is 0 Å². The molecule has 122 valence electrons. The Morgan fingerprint density at radius 3 is 2.57 bits per heavy atom. The highest BCUT2D eigenvalue weighted by Crippen LogP contribution is 2.12. The van der Waals surface area contributed by atoms with Crippen LogP contribution in [0, 0.1) is 6.92 Å². The summed E-state index contributed by atoms with van der Waals surface area (Å²) >= 11 is 0. The van der Waals surface area contributed by atoms with Gasteiger partial charge in [-0.05, 0) is 31.2 Å². The molecule has 0 unspecified atom stereocenters. The number of amides is 1. The second kappa shape index (κ2) is 6.63. The molecule has 0 spiro atoms. The average Bonchev–Trinajstić information content (AvgIpc) is 2.98. The lowest BCUT2D eigenvalue weighted by molar-refractivity contribution is 0.0600. The summed E-state index contributed by atoms with van der Waals surface area (Å²) < 4.78 is 33.8. The van der Waals surface area contributed by atoms with E-state index in [1.807, 2.05) is 4.83 Å². The standard InChI is InChI=1S/C14H14N2O6S/c1-9-12(6-7-22-9)13(17)15-16-23(19,20)11-5-3-4-10(8-11)14(18)21-2/h3-8,16H,1-2H3,(H,15,17). The van der Waals surface area contributed by atoms with Crippen molar-refractivity contribution < 1.29 is 27.2 Å². The number of methoxy groups -OCH3 is 1. The fourth-order valence-electron chi connectivity index (χ4n) is 1.77. The van der Waals surface area contributed by atoms with Gasteiger partial charge in [0.05, 0.1) is 29.4 Å². The molecule has 2 N–H and O–H groups in total. The number of esters is 1. The number of nitrogens with one attached hydrogen (secondary N) is 2. The molecule has 23 heavy (non-hydrogen) atoms. The summed E-state index contributed by atoms with van der Waals surface area (Å²) in [5, 5.41) is 0. The minimum absolute atomic E-state index is 0.0763. The largest absolute Gasteiger partial charge is 0.469 e. The van der Waals surface area contributed by atoms with Crippen molar-refractivity contribution in [3.05, 3.63) is 53.5 Å². The Hall–Kier alpha value is -2.65. The highest BCUT2D eigenvalue weighted by molar-refractivity contribution is 7.89. The summed E-state index contributed by atoms with van der Waals surface area (Å²) in [5.41, 5.74) is 2.36. The van der Waals surface area contributed by atoms with Crippen LogP contribution in [0.2, 0.25) is 0 Å². The van der Waals surface area contributed by atoms with Gasteiger partial charge in [-0.3, -0.25) is 10.2 Å². The van der Waals surface area contributed by atoms with Crippen molar-refractivity contribution >= 4 is 21.9 Å². The second-order valence-electron chi connectivity index (χ2n) is 4.47. The van der Waals surface area contributed by atoms with Crippen LogP contribution in [0.3, 0.4) is 0 Å². The van der Waals surface area contributed by atoms with E-state index in [0.717, 1.165) is 6.07 Å². The van der Waals surface area contributed by atoms with Crippen LogP contribution in [0.25, 0.3) is 0 Å². The summed E-state index contributed by atoms with van der Waals surface area (Å²) in [7, 11) is -2.85. The summed E-state index contributed by atoms with van der Waals surface area (Å²) in [6.07, 6.45) is 1.32. The van der Waals surface area contributed by atoms with E-state index >= 15 is 0 Å². The van der Waals surface area contributed by atoms with E-state index in [1.165, 1.54) is 37.6 Å². The Morgan fingerprint density at radius 1 is 1.22 bits per heavy atom. The maximum Gasteiger partial charge on any atom is 0.337 e. The maximum absolute atomic E-state index is 12.2. The minimum Gasteiger partial charge on any atom is -0.469 e. The fraction of sp³-hybridized carbons (Fsp3) is 0.143. The Labute approximate surface area is 132 Å². The van der Waals surface area contributed by atoms with E-state index in [2.05, 4.69) is 10.2 Å². The Kier molecular flexibility index (Phi) is 4.82. The number of hydrogen-bond acceptors (Lipinski definition) is 6. The highest BCUT2D eigenvalue weighted by atomic mass is 32.2. The number of hydrogen-bond donors (Lipinski definition) is 2. The van der Waals surface area contributed by atoms with Crippen molar-refractivity contribution in [1.29, 1.82) is 0 Å². The molecule has 0 aliphatic carbocycles.